The number of benzene rings is 1. The zero-order valence-corrected chi connectivity index (χ0v) is 9.72. The molecule has 4 heteroatoms. The van der Waals surface area contributed by atoms with Crippen molar-refractivity contribution in [3.05, 3.63) is 23.8 Å². The number of rotatable bonds is 3. The normalized spacial score (nSPS) is 16.9. The van der Waals surface area contributed by atoms with Gasteiger partial charge >= 0.3 is 0 Å². The van der Waals surface area contributed by atoms with Crippen LogP contribution in [-0.2, 0) is 0 Å². The Morgan fingerprint density at radius 2 is 1.65 bits per heavy atom. The molecule has 2 N–H and O–H groups in total. The van der Waals surface area contributed by atoms with Gasteiger partial charge in [0.05, 0.1) is 6.54 Å². The van der Waals surface area contributed by atoms with Crippen molar-refractivity contribution < 1.29 is 15.0 Å². The SMILES string of the molecule is O=C(CN1CCCCC1)c1cc(O)cc(O)c1. The predicted molar refractivity (Wildman–Crippen MR) is 64.4 cm³/mol. The van der Waals surface area contributed by atoms with E-state index in [1.807, 2.05) is 0 Å². The molecule has 1 saturated heterocycles. The summed E-state index contributed by atoms with van der Waals surface area (Å²) in [5, 5.41) is 18.6. The Labute approximate surface area is 100 Å². The minimum atomic E-state index is -0.0769. The van der Waals surface area contributed by atoms with Crippen LogP contribution < -0.4 is 0 Å². The average molecular weight is 235 g/mol. The van der Waals surface area contributed by atoms with Gasteiger partial charge in [-0.05, 0) is 38.1 Å². The fraction of sp³-hybridized carbons (Fsp3) is 0.462. The van der Waals surface area contributed by atoms with Gasteiger partial charge in [0, 0.05) is 11.6 Å². The van der Waals surface area contributed by atoms with E-state index in [1.165, 1.54) is 24.6 Å². The highest BCUT2D eigenvalue weighted by Crippen LogP contribution is 2.21. The van der Waals surface area contributed by atoms with Crippen LogP contribution in [0.1, 0.15) is 29.6 Å². The average Bonchev–Trinajstić information content (AvgIpc) is 2.29. The zero-order chi connectivity index (χ0) is 12.3. The lowest BCUT2D eigenvalue weighted by Crippen LogP contribution is -2.34. The largest absolute Gasteiger partial charge is 0.508 e. The molecule has 0 aliphatic carbocycles. The first-order chi connectivity index (χ1) is 8.15. The highest BCUT2D eigenvalue weighted by atomic mass is 16.3. The second-order valence-electron chi connectivity index (χ2n) is 4.50. The molecular formula is C13H17NO3. The molecule has 1 fully saturated rings. The summed E-state index contributed by atoms with van der Waals surface area (Å²) in [6.07, 6.45) is 3.51. The molecule has 1 heterocycles. The van der Waals surface area contributed by atoms with Crippen molar-refractivity contribution in [3.63, 3.8) is 0 Å². The van der Waals surface area contributed by atoms with E-state index in [2.05, 4.69) is 4.90 Å². The van der Waals surface area contributed by atoms with Crippen LogP contribution in [0.25, 0.3) is 0 Å². The van der Waals surface area contributed by atoms with Crippen molar-refractivity contribution in [2.75, 3.05) is 19.6 Å². The fourth-order valence-electron chi connectivity index (χ4n) is 2.17. The van der Waals surface area contributed by atoms with Crippen LogP contribution >= 0.6 is 0 Å². The quantitative estimate of drug-likeness (QED) is 0.784. The molecule has 0 radical (unpaired) electrons. The number of aromatic hydroxyl groups is 2. The molecule has 92 valence electrons. The Kier molecular flexibility index (Phi) is 3.64. The van der Waals surface area contributed by atoms with Crippen LogP contribution in [0.5, 0.6) is 11.5 Å². The summed E-state index contributed by atoms with van der Waals surface area (Å²) in [7, 11) is 0. The lowest BCUT2D eigenvalue weighted by molar-refractivity contribution is 0.0915. The molecule has 4 nitrogen and oxygen atoms in total. The van der Waals surface area contributed by atoms with Gasteiger partial charge in [0.15, 0.2) is 5.78 Å². The smallest absolute Gasteiger partial charge is 0.177 e. The first-order valence-electron chi connectivity index (χ1n) is 5.94. The molecule has 1 aromatic rings. The van der Waals surface area contributed by atoms with Crippen molar-refractivity contribution in [1.82, 2.24) is 4.90 Å². The topological polar surface area (TPSA) is 60.8 Å². The maximum atomic E-state index is 12.0. The molecule has 0 amide bonds. The van der Waals surface area contributed by atoms with E-state index in [9.17, 15) is 15.0 Å². The number of phenolic OH excluding ortho intramolecular Hbond substituents is 2. The summed E-state index contributed by atoms with van der Waals surface area (Å²) < 4.78 is 0. The molecule has 0 atom stereocenters. The molecule has 17 heavy (non-hydrogen) atoms. The Morgan fingerprint density at radius 1 is 1.06 bits per heavy atom. The molecule has 0 aromatic heterocycles. The number of carbonyl (C=O) groups is 1. The Balaban J connectivity index is 2.03. The van der Waals surface area contributed by atoms with Gasteiger partial charge in [0.1, 0.15) is 11.5 Å². The minimum absolute atomic E-state index is 0.0573. The summed E-state index contributed by atoms with van der Waals surface area (Å²) in [5.74, 6) is -0.211. The second-order valence-corrected chi connectivity index (χ2v) is 4.50. The predicted octanol–water partition coefficient (Wildman–Crippen LogP) is 1.77. The van der Waals surface area contributed by atoms with Gasteiger partial charge in [-0.1, -0.05) is 6.42 Å². The van der Waals surface area contributed by atoms with Crippen molar-refractivity contribution >= 4 is 5.78 Å². The van der Waals surface area contributed by atoms with Gasteiger partial charge in [-0.2, -0.15) is 0 Å². The Bertz CT molecular complexity index is 391. The van der Waals surface area contributed by atoms with E-state index in [1.54, 1.807) is 0 Å². The minimum Gasteiger partial charge on any atom is -0.508 e. The van der Waals surface area contributed by atoms with Crippen LogP contribution in [0, 0.1) is 0 Å². The van der Waals surface area contributed by atoms with E-state index in [-0.39, 0.29) is 17.3 Å². The lowest BCUT2D eigenvalue weighted by atomic mass is 10.1. The number of nitrogens with zero attached hydrogens (tertiary/aromatic N) is 1. The molecule has 1 aliphatic heterocycles. The molecule has 0 unspecified atom stereocenters. The van der Waals surface area contributed by atoms with Crippen LogP contribution in [-0.4, -0.2) is 40.5 Å². The molecule has 0 saturated carbocycles. The number of hydrogen-bond acceptors (Lipinski definition) is 4. The number of piperidine rings is 1. The number of ketones is 1. The Hall–Kier alpha value is -1.55. The van der Waals surface area contributed by atoms with E-state index in [4.69, 9.17) is 0 Å². The summed E-state index contributed by atoms with van der Waals surface area (Å²) in [4.78, 5) is 14.1. The third-order valence-electron chi connectivity index (χ3n) is 3.04. The van der Waals surface area contributed by atoms with Crippen molar-refractivity contribution in [2.45, 2.75) is 19.3 Å². The van der Waals surface area contributed by atoms with Crippen molar-refractivity contribution in [2.24, 2.45) is 0 Å². The Morgan fingerprint density at radius 3 is 2.24 bits per heavy atom. The van der Waals surface area contributed by atoms with Crippen molar-refractivity contribution in [3.8, 4) is 11.5 Å². The standard InChI is InChI=1S/C13H17NO3/c15-11-6-10(7-12(16)8-11)13(17)9-14-4-2-1-3-5-14/h6-8,15-16H,1-5,9H2. The van der Waals surface area contributed by atoms with E-state index < -0.39 is 0 Å². The number of Topliss-reactive ketones (excluding diaryl/α,β-unsaturated/α-hetero) is 1. The summed E-state index contributed by atoms with van der Waals surface area (Å²) >= 11 is 0. The summed E-state index contributed by atoms with van der Waals surface area (Å²) in [5.41, 5.74) is 0.369. The zero-order valence-electron chi connectivity index (χ0n) is 9.72. The first-order valence-corrected chi connectivity index (χ1v) is 5.94. The second kappa shape index (κ2) is 5.19. The molecular weight excluding hydrogens is 218 g/mol. The maximum Gasteiger partial charge on any atom is 0.177 e. The molecule has 1 aliphatic rings. The molecule has 1 aromatic carbocycles. The van der Waals surface area contributed by atoms with E-state index in [0.29, 0.717) is 12.1 Å². The van der Waals surface area contributed by atoms with Gasteiger partial charge in [-0.25, -0.2) is 0 Å². The van der Waals surface area contributed by atoms with Crippen LogP contribution in [0.4, 0.5) is 0 Å². The number of phenols is 2. The van der Waals surface area contributed by atoms with Crippen LogP contribution in [0.15, 0.2) is 18.2 Å². The van der Waals surface area contributed by atoms with Crippen molar-refractivity contribution in [1.29, 1.82) is 0 Å². The van der Waals surface area contributed by atoms with E-state index in [0.717, 1.165) is 25.9 Å². The van der Waals surface area contributed by atoms with Gasteiger partial charge in [-0.15, -0.1) is 0 Å². The third-order valence-corrected chi connectivity index (χ3v) is 3.04. The fourth-order valence-corrected chi connectivity index (χ4v) is 2.17. The van der Waals surface area contributed by atoms with Gasteiger partial charge in [0.25, 0.3) is 0 Å². The van der Waals surface area contributed by atoms with E-state index >= 15 is 0 Å². The van der Waals surface area contributed by atoms with Crippen LogP contribution in [0.3, 0.4) is 0 Å². The third kappa shape index (κ3) is 3.20. The molecule has 0 bridgehead atoms. The van der Waals surface area contributed by atoms with Gasteiger partial charge in [-0.3, -0.25) is 9.69 Å². The number of likely N-dealkylation sites (tertiary alicyclic amines) is 1. The highest BCUT2D eigenvalue weighted by Gasteiger charge is 2.16. The molecule has 2 rings (SSSR count). The number of carbonyl (C=O) groups excluding carboxylic acids is 1. The van der Waals surface area contributed by atoms with Gasteiger partial charge < -0.3 is 10.2 Å². The first kappa shape index (κ1) is 11.9. The van der Waals surface area contributed by atoms with Crippen LogP contribution in [0.2, 0.25) is 0 Å². The highest BCUT2D eigenvalue weighted by molar-refractivity contribution is 5.98. The number of hydrogen-bond donors (Lipinski definition) is 2. The molecule has 0 spiro atoms. The lowest BCUT2D eigenvalue weighted by Gasteiger charge is -2.25. The summed E-state index contributed by atoms with van der Waals surface area (Å²) in [6.45, 7) is 2.27. The maximum absolute atomic E-state index is 12.0. The summed E-state index contributed by atoms with van der Waals surface area (Å²) in [6, 6.07) is 4.01. The monoisotopic (exact) mass is 235 g/mol. The van der Waals surface area contributed by atoms with Gasteiger partial charge in [0.2, 0.25) is 0 Å².